The predicted molar refractivity (Wildman–Crippen MR) is 35.5 cm³/mol. The minimum absolute atomic E-state index is 0.0637. The van der Waals surface area contributed by atoms with Crippen molar-refractivity contribution in [3.05, 3.63) is 11.3 Å². The second-order valence-corrected chi connectivity index (χ2v) is 2.25. The Bertz CT molecular complexity index is 181. The van der Waals surface area contributed by atoms with E-state index in [0.29, 0.717) is 12.0 Å². The van der Waals surface area contributed by atoms with Gasteiger partial charge in [-0.05, 0) is 6.42 Å². The van der Waals surface area contributed by atoms with Crippen LogP contribution in [0.3, 0.4) is 0 Å². The Morgan fingerprint density at radius 3 is 2.80 bits per heavy atom. The Kier molecular flexibility index (Phi) is 1.94. The minimum Gasteiger partial charge on any atom is -0.508 e. The third kappa shape index (κ3) is 1.12. The van der Waals surface area contributed by atoms with Crippen LogP contribution in [0.2, 0.25) is 0 Å². The van der Waals surface area contributed by atoms with Gasteiger partial charge in [-0.15, -0.1) is 0 Å². The Labute approximate surface area is 59.3 Å². The number of aliphatic hydroxyl groups is 1. The molecule has 0 spiro atoms. The van der Waals surface area contributed by atoms with E-state index in [1.165, 1.54) is 0 Å². The lowest BCUT2D eigenvalue weighted by molar-refractivity contribution is -0.136. The summed E-state index contributed by atoms with van der Waals surface area (Å²) in [6.07, 6.45) is 1.47. The minimum atomic E-state index is -0.362. The van der Waals surface area contributed by atoms with E-state index in [9.17, 15) is 4.79 Å². The number of esters is 1. The maximum Gasteiger partial charge on any atom is 0.337 e. The second-order valence-electron chi connectivity index (χ2n) is 2.25. The first kappa shape index (κ1) is 7.12. The van der Waals surface area contributed by atoms with Gasteiger partial charge in [-0.25, -0.2) is 4.79 Å². The monoisotopic (exact) mass is 142 g/mol. The molecule has 1 aliphatic heterocycles. The third-order valence-electron chi connectivity index (χ3n) is 1.43. The van der Waals surface area contributed by atoms with E-state index in [4.69, 9.17) is 5.11 Å². The Balaban J connectivity index is 2.68. The van der Waals surface area contributed by atoms with Crippen molar-refractivity contribution in [1.29, 1.82) is 0 Å². The largest absolute Gasteiger partial charge is 0.508 e. The van der Waals surface area contributed by atoms with Gasteiger partial charge in [0.1, 0.15) is 12.4 Å². The molecule has 0 aliphatic carbocycles. The normalized spacial score (nSPS) is 17.9. The van der Waals surface area contributed by atoms with Crippen LogP contribution in [0.1, 0.15) is 19.8 Å². The molecule has 0 atom stereocenters. The van der Waals surface area contributed by atoms with Gasteiger partial charge in [0.15, 0.2) is 0 Å². The lowest BCUT2D eigenvalue weighted by Crippen LogP contribution is -1.98. The van der Waals surface area contributed by atoms with Gasteiger partial charge < -0.3 is 9.84 Å². The van der Waals surface area contributed by atoms with Crippen molar-refractivity contribution >= 4 is 5.97 Å². The van der Waals surface area contributed by atoms with E-state index in [-0.39, 0.29) is 18.3 Å². The zero-order valence-electron chi connectivity index (χ0n) is 5.89. The molecular weight excluding hydrogens is 132 g/mol. The molecule has 0 radical (unpaired) electrons. The van der Waals surface area contributed by atoms with E-state index < -0.39 is 0 Å². The number of hydrogen-bond acceptors (Lipinski definition) is 3. The van der Waals surface area contributed by atoms with Crippen molar-refractivity contribution in [1.82, 2.24) is 0 Å². The number of aliphatic hydroxyl groups excluding tert-OH is 1. The molecule has 0 aromatic rings. The molecule has 1 rings (SSSR count). The fraction of sp³-hybridized carbons (Fsp3) is 0.571. The molecule has 0 aromatic carbocycles. The third-order valence-corrected chi connectivity index (χ3v) is 1.43. The summed E-state index contributed by atoms with van der Waals surface area (Å²) in [7, 11) is 0. The molecule has 56 valence electrons. The average molecular weight is 142 g/mol. The lowest BCUT2D eigenvalue weighted by atomic mass is 10.1. The number of rotatable bonds is 2. The molecule has 0 saturated heterocycles. The fourth-order valence-corrected chi connectivity index (χ4v) is 0.922. The van der Waals surface area contributed by atoms with Gasteiger partial charge in [-0.3, -0.25) is 0 Å². The zero-order valence-corrected chi connectivity index (χ0v) is 5.89. The first-order valence-corrected chi connectivity index (χ1v) is 3.33. The summed E-state index contributed by atoms with van der Waals surface area (Å²) < 4.78 is 4.57. The van der Waals surface area contributed by atoms with Crippen LogP contribution in [0.15, 0.2) is 11.3 Å². The molecule has 0 saturated carbocycles. The van der Waals surface area contributed by atoms with Crippen LogP contribution in [0.25, 0.3) is 0 Å². The van der Waals surface area contributed by atoms with Crippen molar-refractivity contribution in [2.45, 2.75) is 19.8 Å². The van der Waals surface area contributed by atoms with Crippen molar-refractivity contribution < 1.29 is 14.6 Å². The van der Waals surface area contributed by atoms with Crippen LogP contribution in [-0.2, 0) is 9.53 Å². The maximum atomic E-state index is 10.7. The molecule has 0 bridgehead atoms. The Hall–Kier alpha value is -0.990. The first-order chi connectivity index (χ1) is 4.75. The van der Waals surface area contributed by atoms with E-state index in [2.05, 4.69) is 4.74 Å². The van der Waals surface area contributed by atoms with Crippen LogP contribution in [0.4, 0.5) is 0 Å². The van der Waals surface area contributed by atoms with Gasteiger partial charge in [0, 0.05) is 0 Å². The van der Waals surface area contributed by atoms with Crippen LogP contribution in [0.5, 0.6) is 0 Å². The smallest absolute Gasteiger partial charge is 0.337 e. The fourth-order valence-electron chi connectivity index (χ4n) is 0.922. The van der Waals surface area contributed by atoms with Crippen LogP contribution < -0.4 is 0 Å². The summed E-state index contributed by atoms with van der Waals surface area (Å²) in [6.45, 7) is 2.01. The average Bonchev–Trinajstić information content (AvgIpc) is 2.20. The number of carbonyl (C=O) groups is 1. The van der Waals surface area contributed by atoms with E-state index in [1.807, 2.05) is 6.92 Å². The van der Waals surface area contributed by atoms with E-state index in [1.54, 1.807) is 0 Å². The van der Waals surface area contributed by atoms with Gasteiger partial charge >= 0.3 is 5.97 Å². The Morgan fingerprint density at radius 2 is 2.40 bits per heavy atom. The van der Waals surface area contributed by atoms with Gasteiger partial charge in [0.25, 0.3) is 0 Å². The molecular formula is C7H10O3. The summed E-state index contributed by atoms with van der Waals surface area (Å²) in [5, 5.41) is 9.02. The standard InChI is InChI=1S/C7H10O3/c1-2-3-5-6(8)4-10-7(5)9/h8H,2-4H2,1H3. The Morgan fingerprint density at radius 1 is 1.70 bits per heavy atom. The number of cyclic esters (lactones) is 1. The zero-order chi connectivity index (χ0) is 7.56. The molecule has 1 N–H and O–H groups in total. The highest BCUT2D eigenvalue weighted by Crippen LogP contribution is 2.17. The summed E-state index contributed by atoms with van der Waals surface area (Å²) in [5.41, 5.74) is 0.447. The van der Waals surface area contributed by atoms with Gasteiger partial charge in [-0.2, -0.15) is 0 Å². The topological polar surface area (TPSA) is 46.5 Å². The maximum absolute atomic E-state index is 10.7. The van der Waals surface area contributed by atoms with Gasteiger partial charge in [0.05, 0.1) is 5.57 Å². The molecule has 10 heavy (non-hydrogen) atoms. The summed E-state index contributed by atoms with van der Waals surface area (Å²) >= 11 is 0. The highest BCUT2D eigenvalue weighted by Gasteiger charge is 2.22. The summed E-state index contributed by atoms with van der Waals surface area (Å²) in [5.74, 6) is -0.258. The van der Waals surface area contributed by atoms with Crippen molar-refractivity contribution in [3.8, 4) is 0 Å². The SMILES string of the molecule is CCCC1=C(O)COC1=O. The lowest BCUT2D eigenvalue weighted by Gasteiger charge is -1.93. The molecule has 0 unspecified atom stereocenters. The van der Waals surface area contributed by atoms with Crippen LogP contribution in [0, 0.1) is 0 Å². The van der Waals surface area contributed by atoms with Gasteiger partial charge in [0.2, 0.25) is 0 Å². The molecule has 0 aromatic heterocycles. The van der Waals surface area contributed by atoms with E-state index >= 15 is 0 Å². The van der Waals surface area contributed by atoms with Crippen LogP contribution >= 0.6 is 0 Å². The van der Waals surface area contributed by atoms with Crippen LogP contribution in [-0.4, -0.2) is 17.7 Å². The summed E-state index contributed by atoms with van der Waals surface area (Å²) in [6, 6.07) is 0. The molecule has 0 amide bonds. The molecule has 1 aliphatic rings. The van der Waals surface area contributed by atoms with Crippen molar-refractivity contribution in [3.63, 3.8) is 0 Å². The second kappa shape index (κ2) is 2.73. The van der Waals surface area contributed by atoms with Crippen molar-refractivity contribution in [2.24, 2.45) is 0 Å². The highest BCUT2D eigenvalue weighted by molar-refractivity contribution is 5.91. The van der Waals surface area contributed by atoms with Crippen molar-refractivity contribution in [2.75, 3.05) is 6.61 Å². The molecule has 3 nitrogen and oxygen atoms in total. The number of ether oxygens (including phenoxy) is 1. The molecule has 1 heterocycles. The van der Waals surface area contributed by atoms with E-state index in [0.717, 1.165) is 6.42 Å². The molecule has 3 heteroatoms. The summed E-state index contributed by atoms with van der Waals surface area (Å²) in [4.78, 5) is 10.7. The van der Waals surface area contributed by atoms with Gasteiger partial charge in [-0.1, -0.05) is 13.3 Å². The quantitative estimate of drug-likeness (QED) is 0.588. The first-order valence-electron chi connectivity index (χ1n) is 3.33. The highest BCUT2D eigenvalue weighted by atomic mass is 16.5. The number of hydrogen-bond donors (Lipinski definition) is 1. The molecule has 0 fully saturated rings. The predicted octanol–water partition coefficient (Wildman–Crippen LogP) is 1.16. The number of carbonyl (C=O) groups excluding carboxylic acids is 1.